The standard InChI is InChI=1S/C19H23N3O4/c1-11-14(5-7-24-11)19(23)22-6-4-15-13(9-22)10-25-16(15)8-17-20-21-18(26-17)12-2-3-12/h5,7,12-13,15-16H,2-4,6,8-10H2,1H3/t13-,15-,16-/m1/s1. The van der Waals surface area contributed by atoms with Gasteiger partial charge in [-0.25, -0.2) is 0 Å². The first-order valence-electron chi connectivity index (χ1n) is 9.46. The molecule has 1 saturated carbocycles. The molecule has 2 aliphatic heterocycles. The Morgan fingerprint density at radius 1 is 1.31 bits per heavy atom. The Hall–Kier alpha value is -2.15. The minimum Gasteiger partial charge on any atom is -0.469 e. The van der Waals surface area contributed by atoms with Gasteiger partial charge in [0, 0.05) is 24.9 Å². The molecule has 0 spiro atoms. The summed E-state index contributed by atoms with van der Waals surface area (Å²) in [5.41, 5.74) is 0.664. The van der Waals surface area contributed by atoms with Crippen LogP contribution in [-0.2, 0) is 11.2 Å². The van der Waals surface area contributed by atoms with Crippen LogP contribution in [0.25, 0.3) is 0 Å². The van der Waals surface area contributed by atoms with E-state index in [0.29, 0.717) is 48.0 Å². The van der Waals surface area contributed by atoms with Crippen molar-refractivity contribution in [1.82, 2.24) is 15.1 Å². The summed E-state index contributed by atoms with van der Waals surface area (Å²) in [6.07, 6.45) is 5.63. The fraction of sp³-hybridized carbons (Fsp3) is 0.632. The molecule has 0 aromatic carbocycles. The molecule has 5 rings (SSSR count). The summed E-state index contributed by atoms with van der Waals surface area (Å²) in [6.45, 7) is 4.01. The van der Waals surface area contributed by atoms with Gasteiger partial charge in [0.25, 0.3) is 5.91 Å². The van der Waals surface area contributed by atoms with Crippen LogP contribution in [0.2, 0.25) is 0 Å². The van der Waals surface area contributed by atoms with Crippen LogP contribution < -0.4 is 0 Å². The van der Waals surface area contributed by atoms with Crippen molar-refractivity contribution in [2.24, 2.45) is 11.8 Å². The topological polar surface area (TPSA) is 81.6 Å². The predicted molar refractivity (Wildman–Crippen MR) is 90.7 cm³/mol. The lowest BCUT2D eigenvalue weighted by Crippen LogP contribution is -2.44. The first kappa shape index (κ1) is 16.1. The Kier molecular flexibility index (Phi) is 3.85. The van der Waals surface area contributed by atoms with E-state index >= 15 is 0 Å². The van der Waals surface area contributed by atoms with Gasteiger partial charge in [0.15, 0.2) is 0 Å². The number of furan rings is 1. The molecule has 4 heterocycles. The third-order valence-corrected chi connectivity index (χ3v) is 5.96. The van der Waals surface area contributed by atoms with Gasteiger partial charge < -0.3 is 18.5 Å². The summed E-state index contributed by atoms with van der Waals surface area (Å²) in [7, 11) is 0. The van der Waals surface area contributed by atoms with E-state index in [1.807, 2.05) is 11.8 Å². The van der Waals surface area contributed by atoms with Crippen molar-refractivity contribution >= 4 is 5.91 Å². The number of nitrogens with zero attached hydrogens (tertiary/aromatic N) is 3. The molecule has 0 N–H and O–H groups in total. The van der Waals surface area contributed by atoms with Crippen LogP contribution in [0.5, 0.6) is 0 Å². The Bertz CT molecular complexity index is 809. The number of hydrogen-bond acceptors (Lipinski definition) is 6. The lowest BCUT2D eigenvalue weighted by atomic mass is 9.83. The molecule has 0 bridgehead atoms. The first-order valence-corrected chi connectivity index (χ1v) is 9.46. The van der Waals surface area contributed by atoms with Crippen molar-refractivity contribution in [3.63, 3.8) is 0 Å². The van der Waals surface area contributed by atoms with Gasteiger partial charge in [-0.3, -0.25) is 4.79 Å². The lowest BCUT2D eigenvalue weighted by molar-refractivity contribution is 0.0602. The number of rotatable bonds is 4. The zero-order chi connectivity index (χ0) is 17.7. The van der Waals surface area contributed by atoms with E-state index in [1.54, 1.807) is 12.3 Å². The number of carbonyl (C=O) groups excluding carboxylic acids is 1. The van der Waals surface area contributed by atoms with E-state index in [-0.39, 0.29) is 12.0 Å². The number of fused-ring (bicyclic) bond motifs is 1. The van der Waals surface area contributed by atoms with Crippen LogP contribution in [0, 0.1) is 18.8 Å². The average Bonchev–Trinajstić information content (AvgIpc) is 3.05. The third-order valence-electron chi connectivity index (χ3n) is 5.96. The number of amides is 1. The van der Waals surface area contributed by atoms with Gasteiger partial charge in [0.1, 0.15) is 5.76 Å². The van der Waals surface area contributed by atoms with Crippen LogP contribution in [-0.4, -0.2) is 46.8 Å². The third kappa shape index (κ3) is 2.84. The van der Waals surface area contributed by atoms with Gasteiger partial charge in [-0.2, -0.15) is 0 Å². The van der Waals surface area contributed by atoms with E-state index in [0.717, 1.165) is 38.2 Å². The number of piperidine rings is 1. The molecule has 26 heavy (non-hydrogen) atoms. The summed E-state index contributed by atoms with van der Waals surface area (Å²) in [5.74, 6) is 3.51. The zero-order valence-electron chi connectivity index (χ0n) is 14.9. The summed E-state index contributed by atoms with van der Waals surface area (Å²) < 4.78 is 17.1. The van der Waals surface area contributed by atoms with E-state index in [1.165, 1.54) is 0 Å². The zero-order valence-corrected chi connectivity index (χ0v) is 14.9. The highest BCUT2D eigenvalue weighted by Crippen LogP contribution is 2.40. The Labute approximate surface area is 151 Å². The highest BCUT2D eigenvalue weighted by atomic mass is 16.5. The van der Waals surface area contributed by atoms with Crippen LogP contribution in [0.15, 0.2) is 21.2 Å². The van der Waals surface area contributed by atoms with E-state index < -0.39 is 0 Å². The molecule has 7 heteroatoms. The molecule has 7 nitrogen and oxygen atoms in total. The Morgan fingerprint density at radius 2 is 2.19 bits per heavy atom. The molecule has 3 aliphatic rings. The predicted octanol–water partition coefficient (Wildman–Crippen LogP) is 2.57. The monoisotopic (exact) mass is 357 g/mol. The largest absolute Gasteiger partial charge is 0.469 e. The molecule has 1 amide bonds. The van der Waals surface area contributed by atoms with Crippen molar-refractivity contribution in [1.29, 1.82) is 0 Å². The normalized spacial score (nSPS) is 28.3. The van der Waals surface area contributed by atoms with Crippen molar-refractivity contribution in [2.45, 2.75) is 44.6 Å². The second-order valence-corrected chi connectivity index (χ2v) is 7.74. The van der Waals surface area contributed by atoms with E-state index in [2.05, 4.69) is 10.2 Å². The number of aromatic nitrogens is 2. The molecule has 2 saturated heterocycles. The quantitative estimate of drug-likeness (QED) is 0.836. The maximum Gasteiger partial charge on any atom is 0.257 e. The van der Waals surface area contributed by atoms with Gasteiger partial charge >= 0.3 is 0 Å². The molecule has 2 aromatic rings. The number of ether oxygens (including phenoxy) is 1. The first-order chi connectivity index (χ1) is 12.7. The number of hydrogen-bond donors (Lipinski definition) is 0. The average molecular weight is 357 g/mol. The second kappa shape index (κ2) is 6.23. The SMILES string of the molecule is Cc1occc1C(=O)N1CC[C@@H]2[C@@H](CO[C@@H]2Cc2nnc(C3CC3)o2)C1. The Morgan fingerprint density at radius 3 is 2.96 bits per heavy atom. The summed E-state index contributed by atoms with van der Waals surface area (Å²) in [4.78, 5) is 14.6. The fourth-order valence-electron chi connectivity index (χ4n) is 4.28. The molecular weight excluding hydrogens is 334 g/mol. The number of aryl methyl sites for hydroxylation is 1. The fourth-order valence-corrected chi connectivity index (χ4v) is 4.28. The van der Waals surface area contributed by atoms with E-state index in [9.17, 15) is 4.79 Å². The van der Waals surface area contributed by atoms with Crippen molar-refractivity contribution in [3.05, 3.63) is 35.4 Å². The molecule has 2 aromatic heterocycles. The van der Waals surface area contributed by atoms with Crippen LogP contribution in [0.1, 0.15) is 53.1 Å². The van der Waals surface area contributed by atoms with Gasteiger partial charge in [-0.05, 0) is 38.2 Å². The molecule has 138 valence electrons. The highest BCUT2D eigenvalue weighted by Gasteiger charge is 2.43. The second-order valence-electron chi connectivity index (χ2n) is 7.74. The van der Waals surface area contributed by atoms with Crippen LogP contribution in [0.3, 0.4) is 0 Å². The molecule has 1 aliphatic carbocycles. The smallest absolute Gasteiger partial charge is 0.257 e. The molecule has 3 atom stereocenters. The van der Waals surface area contributed by atoms with Gasteiger partial charge in [0.05, 0.1) is 31.0 Å². The van der Waals surface area contributed by atoms with Gasteiger partial charge in [-0.1, -0.05) is 0 Å². The maximum atomic E-state index is 12.7. The number of carbonyl (C=O) groups is 1. The van der Waals surface area contributed by atoms with Crippen molar-refractivity contribution in [2.75, 3.05) is 19.7 Å². The Balaban J connectivity index is 1.22. The summed E-state index contributed by atoms with van der Waals surface area (Å²) >= 11 is 0. The van der Waals surface area contributed by atoms with Crippen molar-refractivity contribution < 1.29 is 18.4 Å². The van der Waals surface area contributed by atoms with Gasteiger partial charge in [-0.15, -0.1) is 10.2 Å². The summed E-state index contributed by atoms with van der Waals surface area (Å²) in [6, 6.07) is 1.75. The minimum absolute atomic E-state index is 0.0594. The summed E-state index contributed by atoms with van der Waals surface area (Å²) in [5, 5.41) is 8.36. The van der Waals surface area contributed by atoms with Crippen molar-refractivity contribution in [3.8, 4) is 0 Å². The highest BCUT2D eigenvalue weighted by molar-refractivity contribution is 5.95. The molecule has 3 fully saturated rings. The molecular formula is C19H23N3O4. The molecule has 0 unspecified atom stereocenters. The lowest BCUT2D eigenvalue weighted by Gasteiger charge is -2.35. The minimum atomic E-state index is 0.0594. The van der Waals surface area contributed by atoms with E-state index in [4.69, 9.17) is 13.6 Å². The molecule has 0 radical (unpaired) electrons. The number of likely N-dealkylation sites (tertiary alicyclic amines) is 1. The van der Waals surface area contributed by atoms with Crippen LogP contribution in [0.4, 0.5) is 0 Å². The van der Waals surface area contributed by atoms with Crippen LogP contribution >= 0.6 is 0 Å². The van der Waals surface area contributed by atoms with Gasteiger partial charge in [0.2, 0.25) is 11.8 Å². The maximum absolute atomic E-state index is 12.7.